The minimum absolute atomic E-state index is 0.0784. The molecule has 0 radical (unpaired) electrons. The highest BCUT2D eigenvalue weighted by Crippen LogP contribution is 2.34. The molecule has 4 rings (SSSR count). The molecule has 1 amide bonds. The van der Waals surface area contributed by atoms with Crippen molar-refractivity contribution in [1.29, 1.82) is 0 Å². The number of carbonyl (C=O) groups excluding carboxylic acids is 1. The monoisotopic (exact) mass is 433 g/mol. The maximum absolute atomic E-state index is 12.8. The summed E-state index contributed by atoms with van der Waals surface area (Å²) < 4.78 is 7.98. The molecule has 10 heteroatoms. The zero-order chi connectivity index (χ0) is 21.3. The third kappa shape index (κ3) is 4.15. The number of carbonyl (C=O) groups is 1. The standard InChI is InChI=1S/C20H27N5O4S/c1-24-17-15(19(27)25(2)20(24)28)18(23-16(22-17)12-6-3-4-7-12)30-11-14(26)21-10-13-8-5-9-29-13/h12-13H,3-11H2,1-2H3,(H,21,26). The molecular formula is C20H27N5O4S. The van der Waals surface area contributed by atoms with Gasteiger partial charge in [-0.05, 0) is 25.7 Å². The van der Waals surface area contributed by atoms with Crippen LogP contribution in [0.1, 0.15) is 50.3 Å². The van der Waals surface area contributed by atoms with Gasteiger partial charge in [-0.15, -0.1) is 0 Å². The number of nitrogens with one attached hydrogen (secondary N) is 1. The van der Waals surface area contributed by atoms with E-state index in [0.29, 0.717) is 28.4 Å². The number of fused-ring (bicyclic) bond motifs is 1. The summed E-state index contributed by atoms with van der Waals surface area (Å²) in [5.41, 5.74) is -0.524. The number of aryl methyl sites for hydroxylation is 1. The Morgan fingerprint density at radius 2 is 1.90 bits per heavy atom. The average Bonchev–Trinajstić information content (AvgIpc) is 3.46. The number of hydrogen-bond acceptors (Lipinski definition) is 7. The van der Waals surface area contributed by atoms with Gasteiger partial charge < -0.3 is 10.1 Å². The molecular weight excluding hydrogens is 406 g/mol. The van der Waals surface area contributed by atoms with E-state index in [4.69, 9.17) is 4.74 Å². The van der Waals surface area contributed by atoms with Crippen molar-refractivity contribution in [3.05, 3.63) is 26.7 Å². The molecule has 1 unspecified atom stereocenters. The summed E-state index contributed by atoms with van der Waals surface area (Å²) in [6, 6.07) is 0. The Kier molecular flexibility index (Phi) is 6.24. The van der Waals surface area contributed by atoms with E-state index in [1.54, 1.807) is 7.05 Å². The van der Waals surface area contributed by atoms with Crippen molar-refractivity contribution in [1.82, 2.24) is 24.4 Å². The molecule has 30 heavy (non-hydrogen) atoms. The van der Waals surface area contributed by atoms with E-state index in [-0.39, 0.29) is 23.7 Å². The van der Waals surface area contributed by atoms with Crippen LogP contribution >= 0.6 is 11.8 Å². The molecule has 0 aromatic carbocycles. The molecule has 1 saturated heterocycles. The summed E-state index contributed by atoms with van der Waals surface area (Å²) in [4.78, 5) is 46.9. The highest BCUT2D eigenvalue weighted by Gasteiger charge is 2.24. The molecule has 1 atom stereocenters. The van der Waals surface area contributed by atoms with Crippen LogP contribution in [0.4, 0.5) is 0 Å². The largest absolute Gasteiger partial charge is 0.376 e. The van der Waals surface area contributed by atoms with Crippen LogP contribution in [-0.2, 0) is 23.6 Å². The van der Waals surface area contributed by atoms with Crippen LogP contribution in [0.25, 0.3) is 11.0 Å². The molecule has 9 nitrogen and oxygen atoms in total. The lowest BCUT2D eigenvalue weighted by atomic mass is 10.1. The van der Waals surface area contributed by atoms with Gasteiger partial charge in [-0.2, -0.15) is 0 Å². The first kappa shape index (κ1) is 21.0. The van der Waals surface area contributed by atoms with E-state index in [2.05, 4.69) is 15.3 Å². The lowest BCUT2D eigenvalue weighted by Gasteiger charge is -2.15. The molecule has 1 saturated carbocycles. The van der Waals surface area contributed by atoms with Crippen LogP contribution in [0.3, 0.4) is 0 Å². The quantitative estimate of drug-likeness (QED) is 0.536. The predicted octanol–water partition coefficient (Wildman–Crippen LogP) is 1.07. The van der Waals surface area contributed by atoms with Crippen LogP contribution < -0.4 is 16.6 Å². The van der Waals surface area contributed by atoms with Crippen molar-refractivity contribution in [2.24, 2.45) is 14.1 Å². The molecule has 1 N–H and O–H groups in total. The maximum atomic E-state index is 12.8. The Labute approximate surface area is 178 Å². The number of nitrogens with zero attached hydrogens (tertiary/aromatic N) is 4. The number of aromatic nitrogens is 4. The van der Waals surface area contributed by atoms with E-state index in [1.807, 2.05) is 0 Å². The second-order valence-corrected chi connectivity index (χ2v) is 8.96. The van der Waals surface area contributed by atoms with Crippen molar-refractivity contribution in [2.75, 3.05) is 18.9 Å². The van der Waals surface area contributed by atoms with Gasteiger partial charge in [0.1, 0.15) is 16.2 Å². The molecule has 0 spiro atoms. The van der Waals surface area contributed by atoms with Crippen LogP contribution in [0.5, 0.6) is 0 Å². The van der Waals surface area contributed by atoms with Gasteiger partial charge in [0.05, 0.1) is 11.9 Å². The van der Waals surface area contributed by atoms with Crippen LogP contribution in [-0.4, -0.2) is 50.0 Å². The highest BCUT2D eigenvalue weighted by molar-refractivity contribution is 8.00. The van der Waals surface area contributed by atoms with Gasteiger partial charge >= 0.3 is 5.69 Å². The van der Waals surface area contributed by atoms with Gasteiger partial charge in [-0.3, -0.25) is 18.7 Å². The van der Waals surface area contributed by atoms with Gasteiger partial charge in [0.25, 0.3) is 5.56 Å². The number of hydrogen-bond donors (Lipinski definition) is 1. The van der Waals surface area contributed by atoms with Crippen LogP contribution in [0.15, 0.2) is 14.6 Å². The topological polar surface area (TPSA) is 108 Å². The molecule has 2 aliphatic rings. The Morgan fingerprint density at radius 3 is 2.60 bits per heavy atom. The second-order valence-electron chi connectivity index (χ2n) is 8.00. The van der Waals surface area contributed by atoms with Gasteiger partial charge in [-0.1, -0.05) is 24.6 Å². The smallest absolute Gasteiger partial charge is 0.332 e. The van der Waals surface area contributed by atoms with Crippen LogP contribution in [0, 0.1) is 0 Å². The number of ether oxygens (including phenoxy) is 1. The van der Waals surface area contributed by atoms with E-state index >= 15 is 0 Å². The first-order chi connectivity index (χ1) is 14.5. The average molecular weight is 434 g/mol. The molecule has 0 bridgehead atoms. The van der Waals surface area contributed by atoms with Crippen molar-refractivity contribution in [3.8, 4) is 0 Å². The predicted molar refractivity (Wildman–Crippen MR) is 114 cm³/mol. The molecule has 1 aliphatic carbocycles. The molecule has 3 heterocycles. The van der Waals surface area contributed by atoms with Crippen molar-refractivity contribution in [3.63, 3.8) is 0 Å². The number of thioether (sulfide) groups is 1. The van der Waals surface area contributed by atoms with E-state index < -0.39 is 11.2 Å². The second kappa shape index (κ2) is 8.89. The fourth-order valence-electron chi connectivity index (χ4n) is 4.13. The summed E-state index contributed by atoms with van der Waals surface area (Å²) in [7, 11) is 3.05. The van der Waals surface area contributed by atoms with Gasteiger partial charge in [-0.25, -0.2) is 14.8 Å². The molecule has 2 aromatic heterocycles. The van der Waals surface area contributed by atoms with E-state index in [9.17, 15) is 14.4 Å². The third-order valence-electron chi connectivity index (χ3n) is 5.90. The lowest BCUT2D eigenvalue weighted by molar-refractivity contribution is -0.119. The summed E-state index contributed by atoms with van der Waals surface area (Å²) >= 11 is 1.22. The zero-order valence-electron chi connectivity index (χ0n) is 17.3. The summed E-state index contributed by atoms with van der Waals surface area (Å²) in [5.74, 6) is 0.882. The Bertz CT molecular complexity index is 1070. The molecule has 162 valence electrons. The summed E-state index contributed by atoms with van der Waals surface area (Å²) in [6.07, 6.45) is 6.29. The Hall–Kier alpha value is -2.20. The fraction of sp³-hybridized carbons (Fsp3) is 0.650. The SMILES string of the molecule is Cn1c(=O)c2c(SCC(=O)NCC3CCCO3)nc(C3CCCC3)nc2n(C)c1=O. The van der Waals surface area contributed by atoms with Crippen molar-refractivity contribution >= 4 is 28.7 Å². The van der Waals surface area contributed by atoms with Crippen LogP contribution in [0.2, 0.25) is 0 Å². The third-order valence-corrected chi connectivity index (χ3v) is 6.87. The molecule has 1 aliphatic heterocycles. The van der Waals surface area contributed by atoms with E-state index in [0.717, 1.165) is 49.7 Å². The molecule has 2 fully saturated rings. The van der Waals surface area contributed by atoms with Gasteiger partial charge in [0.15, 0.2) is 5.65 Å². The Morgan fingerprint density at radius 1 is 1.13 bits per heavy atom. The fourth-order valence-corrected chi connectivity index (χ4v) is 4.98. The first-order valence-electron chi connectivity index (χ1n) is 10.4. The summed E-state index contributed by atoms with van der Waals surface area (Å²) in [5, 5.41) is 3.65. The minimum atomic E-state index is -0.437. The van der Waals surface area contributed by atoms with Crippen molar-refractivity contribution in [2.45, 2.75) is 55.6 Å². The van der Waals surface area contributed by atoms with Gasteiger partial charge in [0, 0.05) is 33.2 Å². The lowest BCUT2D eigenvalue weighted by Crippen LogP contribution is -2.38. The zero-order valence-corrected chi connectivity index (χ0v) is 18.2. The first-order valence-corrected chi connectivity index (χ1v) is 11.4. The van der Waals surface area contributed by atoms with Gasteiger partial charge in [0.2, 0.25) is 5.91 Å². The maximum Gasteiger partial charge on any atom is 0.332 e. The normalized spacial score (nSPS) is 19.6. The number of amides is 1. The summed E-state index contributed by atoms with van der Waals surface area (Å²) in [6.45, 7) is 1.24. The highest BCUT2D eigenvalue weighted by atomic mass is 32.2. The molecule has 2 aromatic rings. The van der Waals surface area contributed by atoms with E-state index in [1.165, 1.54) is 23.4 Å². The number of rotatable bonds is 6. The minimum Gasteiger partial charge on any atom is -0.376 e. The van der Waals surface area contributed by atoms with Crippen molar-refractivity contribution < 1.29 is 9.53 Å². The Balaban J connectivity index is 1.63.